The number of nitrogen functional groups attached to an aromatic ring is 1. The molecule has 0 fully saturated rings. The average Bonchev–Trinajstić information content (AvgIpc) is 2.86. The van der Waals surface area contributed by atoms with Crippen LogP contribution in [0.15, 0.2) is 42.5 Å². The van der Waals surface area contributed by atoms with Gasteiger partial charge in [0.05, 0.1) is 5.52 Å². The monoisotopic (exact) mass is 280 g/mol. The number of aromatic amines is 1. The minimum Gasteiger partial charge on any atom is -0.382 e. The van der Waals surface area contributed by atoms with Crippen LogP contribution in [0.1, 0.15) is 21.5 Å². The fraction of sp³-hybridized carbons (Fsp3) is 0.125. The van der Waals surface area contributed by atoms with Crippen LogP contribution in [0, 0.1) is 6.92 Å². The smallest absolute Gasteiger partial charge is 0.251 e. The minimum absolute atomic E-state index is 0.126. The van der Waals surface area contributed by atoms with Gasteiger partial charge in [-0.05, 0) is 30.7 Å². The van der Waals surface area contributed by atoms with Crippen LogP contribution in [0.5, 0.6) is 0 Å². The van der Waals surface area contributed by atoms with Gasteiger partial charge in [-0.25, -0.2) is 0 Å². The summed E-state index contributed by atoms with van der Waals surface area (Å²) >= 11 is 0. The van der Waals surface area contributed by atoms with E-state index >= 15 is 0 Å². The molecule has 0 aliphatic carbocycles. The summed E-state index contributed by atoms with van der Waals surface area (Å²) in [4.78, 5) is 12.2. The number of nitrogens with zero attached hydrogens (tertiary/aromatic N) is 1. The molecule has 1 amide bonds. The predicted octanol–water partition coefficient (Wildman–Crippen LogP) is 2.38. The number of nitrogens with one attached hydrogen (secondary N) is 2. The Bertz CT molecular complexity index is 807. The lowest BCUT2D eigenvalue weighted by atomic mass is 10.1. The van der Waals surface area contributed by atoms with Crippen LogP contribution in [0.3, 0.4) is 0 Å². The molecule has 0 unspecified atom stereocenters. The molecular formula is C16H16N4O. The number of hydrogen-bond acceptors (Lipinski definition) is 3. The van der Waals surface area contributed by atoms with Crippen molar-refractivity contribution in [1.82, 2.24) is 15.5 Å². The van der Waals surface area contributed by atoms with Gasteiger partial charge in [0.25, 0.3) is 5.91 Å². The quantitative estimate of drug-likeness (QED) is 0.688. The molecule has 0 bridgehead atoms. The number of carbonyl (C=O) groups excluding carboxylic acids is 1. The average molecular weight is 280 g/mol. The number of aromatic nitrogens is 2. The third-order valence-corrected chi connectivity index (χ3v) is 3.39. The van der Waals surface area contributed by atoms with E-state index in [1.807, 2.05) is 25.1 Å². The summed E-state index contributed by atoms with van der Waals surface area (Å²) in [6.45, 7) is 2.53. The molecule has 0 saturated carbocycles. The van der Waals surface area contributed by atoms with Gasteiger partial charge in [0.1, 0.15) is 0 Å². The first-order valence-electron chi connectivity index (χ1n) is 6.71. The number of amides is 1. The topological polar surface area (TPSA) is 83.8 Å². The predicted molar refractivity (Wildman–Crippen MR) is 82.9 cm³/mol. The SMILES string of the molecule is Cc1cccc(CNC(=O)c2ccc3[nH]nc(N)c3c2)c1. The van der Waals surface area contributed by atoms with Gasteiger partial charge in [0, 0.05) is 17.5 Å². The van der Waals surface area contributed by atoms with E-state index in [4.69, 9.17) is 5.73 Å². The molecule has 4 N–H and O–H groups in total. The molecule has 0 radical (unpaired) electrons. The van der Waals surface area contributed by atoms with Crippen LogP contribution < -0.4 is 11.1 Å². The Morgan fingerprint density at radius 2 is 2.14 bits per heavy atom. The van der Waals surface area contributed by atoms with E-state index in [0.717, 1.165) is 16.5 Å². The first kappa shape index (κ1) is 13.2. The van der Waals surface area contributed by atoms with Gasteiger partial charge in [0.15, 0.2) is 5.82 Å². The second-order valence-electron chi connectivity index (χ2n) is 5.04. The molecule has 1 aromatic heterocycles. The summed E-state index contributed by atoms with van der Waals surface area (Å²) in [6, 6.07) is 13.4. The molecule has 5 nitrogen and oxygen atoms in total. The second-order valence-corrected chi connectivity index (χ2v) is 5.04. The maximum atomic E-state index is 12.2. The number of nitrogens with two attached hydrogens (primary N) is 1. The van der Waals surface area contributed by atoms with Gasteiger partial charge in [0.2, 0.25) is 0 Å². The van der Waals surface area contributed by atoms with Crippen molar-refractivity contribution < 1.29 is 4.79 Å². The van der Waals surface area contributed by atoms with Crippen molar-refractivity contribution in [3.8, 4) is 0 Å². The minimum atomic E-state index is -0.126. The number of rotatable bonds is 3. The Labute approximate surface area is 122 Å². The molecule has 0 spiro atoms. The van der Waals surface area contributed by atoms with Crippen molar-refractivity contribution in [3.05, 3.63) is 59.2 Å². The number of fused-ring (bicyclic) bond motifs is 1. The Morgan fingerprint density at radius 1 is 1.29 bits per heavy atom. The highest BCUT2D eigenvalue weighted by atomic mass is 16.1. The molecule has 0 aliphatic heterocycles. The molecule has 2 aromatic carbocycles. The van der Waals surface area contributed by atoms with E-state index in [1.54, 1.807) is 18.2 Å². The zero-order valence-electron chi connectivity index (χ0n) is 11.7. The Balaban J connectivity index is 1.76. The standard InChI is InChI=1S/C16H16N4O/c1-10-3-2-4-11(7-10)9-18-16(21)12-5-6-14-13(8-12)15(17)20-19-14/h2-8H,9H2,1H3,(H,18,21)(H3,17,19,20). The molecule has 5 heteroatoms. The number of aryl methyl sites for hydroxylation is 1. The molecule has 0 aliphatic rings. The van der Waals surface area contributed by atoms with Crippen LogP contribution in [0.25, 0.3) is 10.9 Å². The molecule has 3 rings (SSSR count). The van der Waals surface area contributed by atoms with Crippen molar-refractivity contribution >= 4 is 22.6 Å². The van der Waals surface area contributed by atoms with Crippen LogP contribution in [0.2, 0.25) is 0 Å². The number of H-pyrrole nitrogens is 1. The van der Waals surface area contributed by atoms with Gasteiger partial charge in [-0.3, -0.25) is 9.89 Å². The molecular weight excluding hydrogens is 264 g/mol. The summed E-state index contributed by atoms with van der Waals surface area (Å²) in [6.07, 6.45) is 0. The molecule has 1 heterocycles. The Kier molecular flexibility index (Phi) is 3.31. The zero-order chi connectivity index (χ0) is 14.8. The lowest BCUT2D eigenvalue weighted by Gasteiger charge is -2.06. The summed E-state index contributed by atoms with van der Waals surface area (Å²) in [7, 11) is 0. The van der Waals surface area contributed by atoms with Crippen molar-refractivity contribution in [3.63, 3.8) is 0 Å². The third kappa shape index (κ3) is 2.72. The Morgan fingerprint density at radius 3 is 2.95 bits per heavy atom. The zero-order valence-corrected chi connectivity index (χ0v) is 11.7. The Hall–Kier alpha value is -2.82. The van der Waals surface area contributed by atoms with Crippen molar-refractivity contribution in [2.45, 2.75) is 13.5 Å². The molecule has 0 atom stereocenters. The van der Waals surface area contributed by atoms with Crippen molar-refractivity contribution in [2.24, 2.45) is 0 Å². The lowest BCUT2D eigenvalue weighted by molar-refractivity contribution is 0.0951. The number of anilines is 1. The highest BCUT2D eigenvalue weighted by Gasteiger charge is 2.09. The van der Waals surface area contributed by atoms with E-state index in [9.17, 15) is 4.79 Å². The van der Waals surface area contributed by atoms with Crippen LogP contribution >= 0.6 is 0 Å². The van der Waals surface area contributed by atoms with Crippen molar-refractivity contribution in [1.29, 1.82) is 0 Å². The molecule has 0 saturated heterocycles. The summed E-state index contributed by atoms with van der Waals surface area (Å²) in [5.74, 6) is 0.275. The summed E-state index contributed by atoms with van der Waals surface area (Å²) in [5, 5.41) is 10.4. The van der Waals surface area contributed by atoms with Crippen molar-refractivity contribution in [2.75, 3.05) is 5.73 Å². The largest absolute Gasteiger partial charge is 0.382 e. The number of benzene rings is 2. The normalized spacial score (nSPS) is 10.7. The molecule has 3 aromatic rings. The van der Waals surface area contributed by atoms with Crippen LogP contribution in [-0.2, 0) is 6.54 Å². The van der Waals surface area contributed by atoms with Gasteiger partial charge in [-0.1, -0.05) is 29.8 Å². The first-order chi connectivity index (χ1) is 10.1. The number of hydrogen-bond donors (Lipinski definition) is 3. The maximum absolute atomic E-state index is 12.2. The van der Waals surface area contributed by atoms with Gasteiger partial charge < -0.3 is 11.1 Å². The van der Waals surface area contributed by atoms with Crippen LogP contribution in [0.4, 0.5) is 5.82 Å². The van der Waals surface area contributed by atoms with E-state index in [-0.39, 0.29) is 5.91 Å². The second kappa shape index (κ2) is 5.28. The third-order valence-electron chi connectivity index (χ3n) is 3.39. The van der Waals surface area contributed by atoms with Gasteiger partial charge in [-0.2, -0.15) is 5.10 Å². The van der Waals surface area contributed by atoms with Gasteiger partial charge >= 0.3 is 0 Å². The summed E-state index contributed by atoms with van der Waals surface area (Å²) < 4.78 is 0. The lowest BCUT2D eigenvalue weighted by Crippen LogP contribution is -2.22. The van der Waals surface area contributed by atoms with E-state index in [0.29, 0.717) is 17.9 Å². The number of carbonyl (C=O) groups is 1. The first-order valence-corrected chi connectivity index (χ1v) is 6.71. The fourth-order valence-corrected chi connectivity index (χ4v) is 2.28. The van der Waals surface area contributed by atoms with E-state index < -0.39 is 0 Å². The highest BCUT2D eigenvalue weighted by molar-refractivity contribution is 6.00. The highest BCUT2D eigenvalue weighted by Crippen LogP contribution is 2.19. The maximum Gasteiger partial charge on any atom is 0.251 e. The summed E-state index contributed by atoms with van der Waals surface area (Å²) in [5.41, 5.74) is 9.40. The van der Waals surface area contributed by atoms with E-state index in [2.05, 4.69) is 21.6 Å². The molecule has 21 heavy (non-hydrogen) atoms. The fourth-order valence-electron chi connectivity index (χ4n) is 2.28. The van der Waals surface area contributed by atoms with Gasteiger partial charge in [-0.15, -0.1) is 0 Å². The van der Waals surface area contributed by atoms with E-state index in [1.165, 1.54) is 5.56 Å². The molecule has 106 valence electrons. The van der Waals surface area contributed by atoms with Crippen LogP contribution in [-0.4, -0.2) is 16.1 Å².